The molecule has 1 unspecified atom stereocenters. The highest BCUT2D eigenvalue weighted by Gasteiger charge is 2.51. The number of hydrogen-bond donors (Lipinski definition) is 3. The lowest BCUT2D eigenvalue weighted by atomic mass is 9.53. The summed E-state index contributed by atoms with van der Waals surface area (Å²) >= 11 is 12.2. The van der Waals surface area contributed by atoms with Crippen LogP contribution in [-0.2, 0) is 9.59 Å². The Morgan fingerprint density at radius 1 is 1.00 bits per heavy atom. The maximum atomic E-state index is 12.7. The van der Waals surface area contributed by atoms with Crippen LogP contribution in [0.2, 0.25) is 10.0 Å². The number of carbonyl (C=O) groups excluding carboxylic acids is 2. The molecule has 0 aromatic heterocycles. The minimum atomic E-state index is -0.213. The van der Waals surface area contributed by atoms with Gasteiger partial charge in [0.15, 0.2) is 13.1 Å². The number of halogens is 2. The Labute approximate surface area is 176 Å². The highest BCUT2D eigenvalue weighted by atomic mass is 35.5. The molecule has 5 nitrogen and oxygen atoms in total. The van der Waals surface area contributed by atoms with Crippen molar-refractivity contribution in [2.75, 3.05) is 25.5 Å². The highest BCUT2D eigenvalue weighted by molar-refractivity contribution is 6.39. The van der Waals surface area contributed by atoms with Gasteiger partial charge >= 0.3 is 0 Å². The van der Waals surface area contributed by atoms with Gasteiger partial charge in [0, 0.05) is 5.54 Å². The zero-order chi connectivity index (χ0) is 19.9. The summed E-state index contributed by atoms with van der Waals surface area (Å²) in [6.45, 7) is 0.460. The Hall–Kier alpha value is -1.30. The lowest BCUT2D eigenvalue weighted by Gasteiger charge is -2.56. The molecule has 7 heteroatoms. The smallest absolute Gasteiger partial charge is 0.279 e. The number of carbonyl (C=O) groups is 2. The largest absolute Gasteiger partial charge is 0.346 e. The molecule has 3 N–H and O–H groups in total. The minimum absolute atomic E-state index is 0.0134. The number of amides is 2. The van der Waals surface area contributed by atoms with Gasteiger partial charge in [0.25, 0.3) is 11.8 Å². The number of anilines is 1. The molecule has 0 saturated heterocycles. The maximum absolute atomic E-state index is 12.7. The molecule has 0 aliphatic heterocycles. The van der Waals surface area contributed by atoms with Gasteiger partial charge in [0.1, 0.15) is 0 Å². The van der Waals surface area contributed by atoms with Crippen molar-refractivity contribution in [2.45, 2.75) is 44.1 Å². The predicted octanol–water partition coefficient (Wildman–Crippen LogP) is 2.53. The molecule has 4 saturated carbocycles. The van der Waals surface area contributed by atoms with Crippen LogP contribution in [0.3, 0.4) is 0 Å². The Kier molecular flexibility index (Phi) is 5.60. The van der Waals surface area contributed by atoms with Crippen LogP contribution in [0, 0.1) is 17.8 Å². The topological polar surface area (TPSA) is 62.6 Å². The summed E-state index contributed by atoms with van der Waals surface area (Å²) in [5.74, 6) is 2.21. The van der Waals surface area contributed by atoms with Gasteiger partial charge in [0.05, 0.1) is 22.8 Å². The normalized spacial score (nSPS) is 31.5. The number of nitrogens with one attached hydrogen (secondary N) is 3. The van der Waals surface area contributed by atoms with Crippen LogP contribution in [-0.4, -0.2) is 37.5 Å². The quantitative estimate of drug-likeness (QED) is 0.656. The van der Waals surface area contributed by atoms with E-state index in [1.54, 1.807) is 18.2 Å². The summed E-state index contributed by atoms with van der Waals surface area (Å²) in [7, 11) is 1.85. The number of benzene rings is 1. The summed E-state index contributed by atoms with van der Waals surface area (Å²) in [5, 5.41) is 6.92. The molecule has 4 aliphatic rings. The molecule has 0 spiro atoms. The Morgan fingerprint density at radius 3 is 2.04 bits per heavy atom. The molecule has 1 aromatic rings. The van der Waals surface area contributed by atoms with Crippen LogP contribution in [0.15, 0.2) is 18.2 Å². The van der Waals surface area contributed by atoms with Crippen LogP contribution >= 0.6 is 23.2 Å². The van der Waals surface area contributed by atoms with E-state index in [0.29, 0.717) is 15.7 Å². The van der Waals surface area contributed by atoms with Crippen molar-refractivity contribution >= 4 is 40.7 Å². The first-order valence-corrected chi connectivity index (χ1v) is 10.9. The maximum Gasteiger partial charge on any atom is 0.279 e. The van der Waals surface area contributed by atoms with Crippen LogP contribution in [0.5, 0.6) is 0 Å². The van der Waals surface area contributed by atoms with Crippen molar-refractivity contribution in [3.8, 4) is 0 Å². The average molecular weight is 425 g/mol. The molecule has 4 bridgehead atoms. The lowest BCUT2D eigenvalue weighted by Crippen LogP contribution is -3.11. The summed E-state index contributed by atoms with van der Waals surface area (Å²) < 4.78 is 0. The first-order chi connectivity index (χ1) is 13.3. The molecule has 28 heavy (non-hydrogen) atoms. The van der Waals surface area contributed by atoms with E-state index < -0.39 is 0 Å². The molecule has 4 fully saturated rings. The van der Waals surface area contributed by atoms with Crippen molar-refractivity contribution < 1.29 is 14.5 Å². The molecule has 0 radical (unpaired) electrons. The second-order valence-corrected chi connectivity index (χ2v) is 10.0. The fourth-order valence-corrected chi connectivity index (χ4v) is 6.51. The van der Waals surface area contributed by atoms with E-state index in [1.165, 1.54) is 19.3 Å². The Bertz CT molecular complexity index is 727. The van der Waals surface area contributed by atoms with Gasteiger partial charge in [-0.1, -0.05) is 29.3 Å². The number of para-hydroxylation sites is 1. The molecule has 1 atom stereocenters. The molecule has 0 heterocycles. The van der Waals surface area contributed by atoms with E-state index in [9.17, 15) is 9.59 Å². The highest BCUT2D eigenvalue weighted by Crippen LogP contribution is 2.55. The zero-order valence-electron chi connectivity index (χ0n) is 16.2. The molecular weight excluding hydrogens is 397 g/mol. The number of hydrogen-bond acceptors (Lipinski definition) is 2. The van der Waals surface area contributed by atoms with Crippen molar-refractivity contribution in [2.24, 2.45) is 17.8 Å². The molecule has 4 aliphatic carbocycles. The molecule has 1 aromatic carbocycles. The predicted molar refractivity (Wildman–Crippen MR) is 111 cm³/mol. The van der Waals surface area contributed by atoms with Gasteiger partial charge < -0.3 is 15.5 Å². The third-order valence-electron chi connectivity index (χ3n) is 6.59. The Morgan fingerprint density at radius 2 is 1.50 bits per heavy atom. The Balaban J connectivity index is 1.28. The van der Waals surface area contributed by atoms with Gasteiger partial charge in [-0.05, 0) is 68.4 Å². The van der Waals surface area contributed by atoms with Gasteiger partial charge in [-0.2, -0.15) is 0 Å². The second kappa shape index (κ2) is 7.85. The standard InChI is InChI=1S/C21H27Cl2N3O2/c1-26(11-18(27)24-20-16(22)3-2-4-17(20)23)12-19(28)25-21-8-13-5-14(9-21)7-15(6-13)10-21/h2-4,13-15H,5-12H2,1H3,(H,24,27)(H,25,28)/p+1. The lowest BCUT2D eigenvalue weighted by molar-refractivity contribution is -0.862. The number of likely N-dealkylation sites (N-methyl/N-ethyl adjacent to an activating group) is 1. The van der Waals surface area contributed by atoms with Crippen LogP contribution in [0.4, 0.5) is 5.69 Å². The van der Waals surface area contributed by atoms with E-state index in [1.807, 2.05) is 7.05 Å². The molecule has 2 amide bonds. The fraction of sp³-hybridized carbons (Fsp3) is 0.619. The van der Waals surface area contributed by atoms with Gasteiger partial charge in [-0.25, -0.2) is 0 Å². The van der Waals surface area contributed by atoms with Crippen molar-refractivity contribution in [1.82, 2.24) is 5.32 Å². The number of quaternary nitrogens is 1. The van der Waals surface area contributed by atoms with Gasteiger partial charge in [-0.3, -0.25) is 9.59 Å². The first-order valence-electron chi connectivity index (χ1n) is 10.2. The number of rotatable bonds is 6. The molecule has 152 valence electrons. The van der Waals surface area contributed by atoms with E-state index in [4.69, 9.17) is 23.2 Å². The summed E-state index contributed by atoms with van der Waals surface area (Å²) in [6.07, 6.45) is 7.46. The van der Waals surface area contributed by atoms with Crippen molar-refractivity contribution in [3.05, 3.63) is 28.2 Å². The van der Waals surface area contributed by atoms with Crippen LogP contribution < -0.4 is 15.5 Å². The van der Waals surface area contributed by atoms with E-state index in [-0.39, 0.29) is 30.4 Å². The van der Waals surface area contributed by atoms with Crippen molar-refractivity contribution in [1.29, 1.82) is 0 Å². The minimum Gasteiger partial charge on any atom is -0.346 e. The van der Waals surface area contributed by atoms with Crippen LogP contribution in [0.1, 0.15) is 38.5 Å². The van der Waals surface area contributed by atoms with Crippen LogP contribution in [0.25, 0.3) is 0 Å². The summed E-state index contributed by atoms with van der Waals surface area (Å²) in [5.41, 5.74) is 0.432. The van der Waals surface area contributed by atoms with Gasteiger partial charge in [0.2, 0.25) is 0 Å². The van der Waals surface area contributed by atoms with E-state index in [2.05, 4.69) is 10.6 Å². The SMILES string of the molecule is C[NH+](CC(=O)Nc1c(Cl)cccc1Cl)CC(=O)NC12CC3CC(CC(C3)C1)C2. The third kappa shape index (κ3) is 4.32. The average Bonchev–Trinajstić information content (AvgIpc) is 2.56. The summed E-state index contributed by atoms with van der Waals surface area (Å²) in [6, 6.07) is 5.09. The third-order valence-corrected chi connectivity index (χ3v) is 7.22. The van der Waals surface area contributed by atoms with Crippen molar-refractivity contribution in [3.63, 3.8) is 0 Å². The van der Waals surface area contributed by atoms with Gasteiger partial charge in [-0.15, -0.1) is 0 Å². The fourth-order valence-electron chi connectivity index (χ4n) is 6.02. The summed E-state index contributed by atoms with van der Waals surface area (Å²) in [4.78, 5) is 25.9. The van der Waals surface area contributed by atoms with E-state index >= 15 is 0 Å². The molecule has 5 rings (SSSR count). The monoisotopic (exact) mass is 424 g/mol. The zero-order valence-corrected chi connectivity index (χ0v) is 17.7. The molecular formula is C21H28Cl2N3O2+. The first kappa shape index (κ1) is 20.0. The van der Waals surface area contributed by atoms with E-state index in [0.717, 1.165) is 41.9 Å². The second-order valence-electron chi connectivity index (χ2n) is 9.20.